The molecule has 0 atom stereocenters. The third-order valence-electron chi connectivity index (χ3n) is 3.84. The molecular weight excluding hydrogens is 327 g/mol. The van der Waals surface area contributed by atoms with E-state index in [1.807, 2.05) is 4.90 Å². The van der Waals surface area contributed by atoms with Gasteiger partial charge in [0, 0.05) is 38.7 Å². The largest absolute Gasteiger partial charge is 0.450 e. The first kappa shape index (κ1) is 18.9. The van der Waals surface area contributed by atoms with Crippen LogP contribution in [-0.2, 0) is 14.3 Å². The number of benzene rings is 1. The molecule has 1 saturated heterocycles. The summed E-state index contributed by atoms with van der Waals surface area (Å²) in [4.78, 5) is 29.0. The Morgan fingerprint density at radius 3 is 2.56 bits per heavy atom. The van der Waals surface area contributed by atoms with Crippen molar-refractivity contribution in [3.05, 3.63) is 29.6 Å². The number of amides is 1. The fraction of sp³-hybridized carbons (Fsp3) is 0.471. The lowest BCUT2D eigenvalue weighted by molar-refractivity contribution is -0.161. The Labute approximate surface area is 146 Å². The number of hydrogen-bond donors (Lipinski definition) is 2. The molecule has 1 aliphatic heterocycles. The zero-order valence-corrected chi connectivity index (χ0v) is 14.6. The zero-order chi connectivity index (χ0) is 18.6. The van der Waals surface area contributed by atoms with Crippen molar-refractivity contribution in [3.63, 3.8) is 0 Å². The molecule has 0 radical (unpaired) electrons. The minimum atomic E-state index is -1.42. The van der Waals surface area contributed by atoms with Gasteiger partial charge in [0.15, 0.2) is 5.60 Å². The maximum atomic E-state index is 14.1. The van der Waals surface area contributed by atoms with Crippen LogP contribution in [0.2, 0.25) is 0 Å². The van der Waals surface area contributed by atoms with Crippen molar-refractivity contribution >= 4 is 23.4 Å². The summed E-state index contributed by atoms with van der Waals surface area (Å²) in [6, 6.07) is 4.34. The molecule has 0 aliphatic carbocycles. The van der Waals surface area contributed by atoms with E-state index in [0.29, 0.717) is 24.3 Å². The van der Waals surface area contributed by atoms with Crippen molar-refractivity contribution in [1.29, 1.82) is 0 Å². The van der Waals surface area contributed by atoms with Crippen LogP contribution in [0.4, 0.5) is 10.1 Å². The zero-order valence-electron chi connectivity index (χ0n) is 14.6. The number of esters is 1. The topological polar surface area (TPSA) is 97.0 Å². The maximum Gasteiger partial charge on any atom is 0.303 e. The molecule has 1 aromatic rings. The molecule has 1 aliphatic rings. The van der Waals surface area contributed by atoms with Crippen LogP contribution in [0.25, 0.3) is 0 Å². The Hall–Kier alpha value is -2.48. The molecule has 136 valence electrons. The molecule has 7 nitrogen and oxygen atoms in total. The Kier molecular flexibility index (Phi) is 5.73. The van der Waals surface area contributed by atoms with E-state index >= 15 is 0 Å². The quantitative estimate of drug-likeness (QED) is 0.474. The SMILES string of the molecule is CC(=O)OC(C)(C)C(=O)N=C(N)c1ccc(F)c(N2CCNCC2)c1. The molecular formula is C17H23FN4O3. The van der Waals surface area contributed by atoms with Crippen molar-refractivity contribution in [2.24, 2.45) is 10.7 Å². The van der Waals surface area contributed by atoms with Gasteiger partial charge in [-0.15, -0.1) is 0 Å². The number of nitrogens with two attached hydrogens (primary N) is 1. The molecule has 0 bridgehead atoms. The van der Waals surface area contributed by atoms with Gasteiger partial charge in [-0.3, -0.25) is 9.59 Å². The molecule has 1 fully saturated rings. The first-order valence-electron chi connectivity index (χ1n) is 8.04. The lowest BCUT2D eigenvalue weighted by atomic mass is 10.1. The first-order valence-corrected chi connectivity index (χ1v) is 8.04. The fourth-order valence-electron chi connectivity index (χ4n) is 2.53. The smallest absolute Gasteiger partial charge is 0.303 e. The Balaban J connectivity index is 2.25. The summed E-state index contributed by atoms with van der Waals surface area (Å²) < 4.78 is 19.1. The number of nitrogens with one attached hydrogen (secondary N) is 1. The monoisotopic (exact) mass is 350 g/mol. The summed E-state index contributed by atoms with van der Waals surface area (Å²) in [5.74, 6) is -1.69. The van der Waals surface area contributed by atoms with Gasteiger partial charge in [0.25, 0.3) is 5.91 Å². The number of aliphatic imine (C=N–C) groups is 1. The van der Waals surface area contributed by atoms with Crippen LogP contribution >= 0.6 is 0 Å². The Morgan fingerprint density at radius 2 is 1.96 bits per heavy atom. The van der Waals surface area contributed by atoms with Gasteiger partial charge < -0.3 is 20.7 Å². The molecule has 8 heteroatoms. The van der Waals surface area contributed by atoms with Gasteiger partial charge in [0.05, 0.1) is 5.69 Å². The van der Waals surface area contributed by atoms with Gasteiger partial charge in [-0.25, -0.2) is 4.39 Å². The van der Waals surface area contributed by atoms with Crippen molar-refractivity contribution in [1.82, 2.24) is 5.32 Å². The highest BCUT2D eigenvalue weighted by Crippen LogP contribution is 2.22. The van der Waals surface area contributed by atoms with E-state index in [2.05, 4.69) is 10.3 Å². The molecule has 1 heterocycles. The normalized spacial score (nSPS) is 15.8. The number of carbonyl (C=O) groups excluding carboxylic acids is 2. The molecule has 0 saturated carbocycles. The van der Waals surface area contributed by atoms with E-state index in [9.17, 15) is 14.0 Å². The second kappa shape index (κ2) is 7.60. The summed E-state index contributed by atoms with van der Waals surface area (Å²) in [5, 5.41) is 3.20. The number of halogens is 1. The molecule has 0 spiro atoms. The lowest BCUT2D eigenvalue weighted by Gasteiger charge is -2.30. The van der Waals surface area contributed by atoms with Gasteiger partial charge in [0.1, 0.15) is 11.7 Å². The van der Waals surface area contributed by atoms with Crippen LogP contribution in [0.5, 0.6) is 0 Å². The van der Waals surface area contributed by atoms with Crippen molar-refractivity contribution in [2.75, 3.05) is 31.1 Å². The molecule has 1 aromatic carbocycles. The number of rotatable bonds is 4. The highest BCUT2D eigenvalue weighted by Gasteiger charge is 2.31. The molecule has 1 amide bonds. The first-order chi connectivity index (χ1) is 11.7. The lowest BCUT2D eigenvalue weighted by Crippen LogP contribution is -2.44. The second-order valence-electron chi connectivity index (χ2n) is 6.31. The summed E-state index contributed by atoms with van der Waals surface area (Å²) in [6.07, 6.45) is 0. The number of hydrogen-bond acceptors (Lipinski definition) is 5. The average Bonchev–Trinajstić information content (AvgIpc) is 2.54. The van der Waals surface area contributed by atoms with Crippen LogP contribution in [-0.4, -0.2) is 49.5 Å². The van der Waals surface area contributed by atoms with E-state index in [1.54, 1.807) is 6.07 Å². The molecule has 2 rings (SSSR count). The highest BCUT2D eigenvalue weighted by molar-refractivity contribution is 6.06. The number of carbonyl (C=O) groups is 2. The van der Waals surface area contributed by atoms with Gasteiger partial charge in [-0.05, 0) is 32.0 Å². The predicted molar refractivity (Wildman–Crippen MR) is 93.1 cm³/mol. The van der Waals surface area contributed by atoms with E-state index < -0.39 is 17.5 Å². The summed E-state index contributed by atoms with van der Waals surface area (Å²) in [7, 11) is 0. The Morgan fingerprint density at radius 1 is 1.32 bits per heavy atom. The summed E-state index contributed by atoms with van der Waals surface area (Å²) >= 11 is 0. The van der Waals surface area contributed by atoms with Crippen molar-refractivity contribution in [2.45, 2.75) is 26.4 Å². The number of amidine groups is 1. The molecule has 25 heavy (non-hydrogen) atoms. The van der Waals surface area contributed by atoms with Gasteiger partial charge >= 0.3 is 5.97 Å². The average molecular weight is 350 g/mol. The maximum absolute atomic E-state index is 14.1. The number of nitrogens with zero attached hydrogens (tertiary/aromatic N) is 2. The number of piperazine rings is 1. The van der Waals surface area contributed by atoms with E-state index in [-0.39, 0.29) is 11.7 Å². The molecule has 0 unspecified atom stereocenters. The van der Waals surface area contributed by atoms with Crippen LogP contribution < -0.4 is 16.0 Å². The van der Waals surface area contributed by atoms with E-state index in [4.69, 9.17) is 10.5 Å². The Bertz CT molecular complexity index is 697. The second-order valence-corrected chi connectivity index (χ2v) is 6.31. The summed E-state index contributed by atoms with van der Waals surface area (Å²) in [6.45, 7) is 6.97. The van der Waals surface area contributed by atoms with Crippen molar-refractivity contribution < 1.29 is 18.7 Å². The van der Waals surface area contributed by atoms with Crippen LogP contribution in [0.3, 0.4) is 0 Å². The minimum absolute atomic E-state index is 0.0541. The van der Waals surface area contributed by atoms with Gasteiger partial charge in [-0.1, -0.05) is 0 Å². The molecule has 3 N–H and O–H groups in total. The predicted octanol–water partition coefficient (Wildman–Crippen LogP) is 0.809. The summed E-state index contributed by atoms with van der Waals surface area (Å²) in [5.41, 5.74) is 5.34. The number of anilines is 1. The standard InChI is InChI=1S/C17H23FN4O3/c1-11(23)25-17(2,3)16(24)21-15(19)12-4-5-13(18)14(10-12)22-8-6-20-7-9-22/h4-5,10,20H,6-9H2,1-3H3,(H2,19,21,24). The van der Waals surface area contributed by atoms with Crippen molar-refractivity contribution in [3.8, 4) is 0 Å². The van der Waals surface area contributed by atoms with Crippen LogP contribution in [0, 0.1) is 5.82 Å². The van der Waals surface area contributed by atoms with Gasteiger partial charge in [0.2, 0.25) is 0 Å². The minimum Gasteiger partial charge on any atom is -0.450 e. The fourth-order valence-corrected chi connectivity index (χ4v) is 2.53. The van der Waals surface area contributed by atoms with Crippen LogP contribution in [0.1, 0.15) is 26.3 Å². The van der Waals surface area contributed by atoms with Gasteiger partial charge in [-0.2, -0.15) is 4.99 Å². The van der Waals surface area contributed by atoms with E-state index in [1.165, 1.54) is 32.9 Å². The van der Waals surface area contributed by atoms with Crippen LogP contribution in [0.15, 0.2) is 23.2 Å². The third kappa shape index (κ3) is 4.76. The number of ether oxygens (including phenoxy) is 1. The third-order valence-corrected chi connectivity index (χ3v) is 3.84. The molecule has 0 aromatic heterocycles. The highest BCUT2D eigenvalue weighted by atomic mass is 19.1. The van der Waals surface area contributed by atoms with E-state index in [0.717, 1.165) is 13.1 Å².